The minimum absolute atomic E-state index is 0.0788. The van der Waals surface area contributed by atoms with Crippen molar-refractivity contribution in [2.75, 3.05) is 18.5 Å². The number of urea groups is 1. The van der Waals surface area contributed by atoms with Gasteiger partial charge in [0.05, 0.1) is 12.7 Å². The number of aliphatic hydroxyl groups is 1. The Morgan fingerprint density at radius 3 is 2.94 bits per heavy atom. The van der Waals surface area contributed by atoms with Gasteiger partial charge >= 0.3 is 6.03 Å². The van der Waals surface area contributed by atoms with E-state index < -0.39 is 0 Å². The number of hydrogen-bond acceptors (Lipinski definition) is 3. The molecule has 0 aliphatic carbocycles. The number of rotatable bonds is 6. The second kappa shape index (κ2) is 7.55. The molecule has 1 rings (SSSR count). The number of carbonyl (C=O) groups excluding carboxylic acids is 1. The van der Waals surface area contributed by atoms with E-state index >= 15 is 0 Å². The normalized spacial score (nSPS) is 11.7. The van der Waals surface area contributed by atoms with Crippen LogP contribution in [-0.4, -0.2) is 30.4 Å². The van der Waals surface area contributed by atoms with E-state index in [9.17, 15) is 4.79 Å². The van der Waals surface area contributed by atoms with Crippen LogP contribution in [-0.2, 0) is 0 Å². The minimum atomic E-state index is -0.343. The third kappa shape index (κ3) is 5.05. The first-order valence-electron chi connectivity index (χ1n) is 6.08. The predicted molar refractivity (Wildman–Crippen MR) is 70.9 cm³/mol. The molecule has 0 unspecified atom stereocenters. The van der Waals surface area contributed by atoms with E-state index in [0.29, 0.717) is 5.69 Å². The molecule has 1 atom stereocenters. The van der Waals surface area contributed by atoms with E-state index in [1.54, 1.807) is 12.1 Å². The van der Waals surface area contributed by atoms with Crippen molar-refractivity contribution in [3.05, 3.63) is 24.3 Å². The maximum atomic E-state index is 11.4. The van der Waals surface area contributed by atoms with Crippen LogP contribution in [0.25, 0.3) is 0 Å². The lowest BCUT2D eigenvalue weighted by Gasteiger charge is -2.13. The molecule has 3 N–H and O–H groups in total. The minimum Gasteiger partial charge on any atom is -0.491 e. The second-order valence-corrected chi connectivity index (χ2v) is 3.97. The Morgan fingerprint density at radius 1 is 1.50 bits per heavy atom. The van der Waals surface area contributed by atoms with Crippen molar-refractivity contribution in [1.82, 2.24) is 5.32 Å². The summed E-state index contributed by atoms with van der Waals surface area (Å²) in [5.41, 5.74) is 0.659. The highest BCUT2D eigenvalue weighted by Gasteiger charge is 2.04. The molecule has 0 aliphatic rings. The Balaban J connectivity index is 2.56. The molecule has 0 saturated carbocycles. The lowest BCUT2D eigenvalue weighted by Crippen LogP contribution is -2.30. The standard InChI is InChI=1S/C13H20N2O3/c1-3-10(2)18-12-6-4-5-11(9-12)15-13(17)14-7-8-16/h4-6,9-10,16H,3,7-8H2,1-2H3,(H2,14,15,17)/t10-/m1/s1. The number of ether oxygens (including phenoxy) is 1. The summed E-state index contributed by atoms with van der Waals surface area (Å²) < 4.78 is 5.66. The molecule has 100 valence electrons. The van der Waals surface area contributed by atoms with Crippen LogP contribution < -0.4 is 15.4 Å². The Hall–Kier alpha value is -1.75. The molecule has 5 nitrogen and oxygen atoms in total. The molecule has 0 fully saturated rings. The second-order valence-electron chi connectivity index (χ2n) is 3.97. The average molecular weight is 252 g/mol. The molecule has 0 aromatic heterocycles. The van der Waals surface area contributed by atoms with Crippen molar-refractivity contribution >= 4 is 11.7 Å². The summed E-state index contributed by atoms with van der Waals surface area (Å²) in [4.78, 5) is 11.4. The fraction of sp³-hybridized carbons (Fsp3) is 0.462. The van der Waals surface area contributed by atoms with Gasteiger partial charge < -0.3 is 20.5 Å². The first-order chi connectivity index (χ1) is 8.65. The number of aliphatic hydroxyl groups excluding tert-OH is 1. The van der Waals surface area contributed by atoms with Crippen molar-refractivity contribution in [3.63, 3.8) is 0 Å². The molecule has 0 saturated heterocycles. The van der Waals surface area contributed by atoms with E-state index in [1.807, 2.05) is 19.1 Å². The maximum absolute atomic E-state index is 11.4. The number of nitrogens with one attached hydrogen (secondary N) is 2. The smallest absolute Gasteiger partial charge is 0.319 e. The van der Waals surface area contributed by atoms with Gasteiger partial charge in [-0.25, -0.2) is 4.79 Å². The van der Waals surface area contributed by atoms with E-state index in [-0.39, 0.29) is 25.3 Å². The molecule has 5 heteroatoms. The first-order valence-corrected chi connectivity index (χ1v) is 6.08. The van der Waals surface area contributed by atoms with Gasteiger partial charge in [0.15, 0.2) is 0 Å². The Bertz CT molecular complexity index is 382. The first kappa shape index (κ1) is 14.3. The summed E-state index contributed by atoms with van der Waals surface area (Å²) in [6.07, 6.45) is 1.07. The number of hydrogen-bond donors (Lipinski definition) is 3. The van der Waals surface area contributed by atoms with Gasteiger partial charge in [-0.1, -0.05) is 13.0 Å². The van der Waals surface area contributed by atoms with Crippen LogP contribution in [0.4, 0.5) is 10.5 Å². The Labute approximate surface area is 107 Å². The molecule has 0 heterocycles. The summed E-state index contributed by atoms with van der Waals surface area (Å²) in [5.74, 6) is 0.726. The topological polar surface area (TPSA) is 70.6 Å². The SMILES string of the molecule is CC[C@@H](C)Oc1cccc(NC(=O)NCCO)c1. The van der Waals surface area contributed by atoms with E-state index in [0.717, 1.165) is 12.2 Å². The number of amides is 2. The van der Waals surface area contributed by atoms with Crippen LogP contribution in [0.5, 0.6) is 5.75 Å². The fourth-order valence-corrected chi connectivity index (χ4v) is 1.31. The summed E-state index contributed by atoms with van der Waals surface area (Å²) in [6.45, 7) is 4.20. The van der Waals surface area contributed by atoms with Gasteiger partial charge in [-0.15, -0.1) is 0 Å². The Kier molecular flexibility index (Phi) is 6.00. The van der Waals surface area contributed by atoms with Gasteiger partial charge in [-0.3, -0.25) is 0 Å². The van der Waals surface area contributed by atoms with Gasteiger partial charge in [0.25, 0.3) is 0 Å². The van der Waals surface area contributed by atoms with Crippen LogP contribution in [0.15, 0.2) is 24.3 Å². The maximum Gasteiger partial charge on any atom is 0.319 e. The van der Waals surface area contributed by atoms with Crippen molar-refractivity contribution < 1.29 is 14.6 Å². The van der Waals surface area contributed by atoms with Gasteiger partial charge in [0.2, 0.25) is 0 Å². The highest BCUT2D eigenvalue weighted by Crippen LogP contribution is 2.19. The van der Waals surface area contributed by atoms with Crippen LogP contribution >= 0.6 is 0 Å². The van der Waals surface area contributed by atoms with Crippen molar-refractivity contribution in [1.29, 1.82) is 0 Å². The molecule has 1 aromatic rings. The molecular formula is C13H20N2O3. The van der Waals surface area contributed by atoms with Crippen LogP contribution in [0.3, 0.4) is 0 Å². The van der Waals surface area contributed by atoms with Crippen molar-refractivity contribution in [2.45, 2.75) is 26.4 Å². The molecule has 0 aliphatic heterocycles. The van der Waals surface area contributed by atoms with Crippen LogP contribution in [0.2, 0.25) is 0 Å². The van der Waals surface area contributed by atoms with Crippen molar-refractivity contribution in [2.24, 2.45) is 0 Å². The van der Waals surface area contributed by atoms with Crippen LogP contribution in [0, 0.1) is 0 Å². The highest BCUT2D eigenvalue weighted by molar-refractivity contribution is 5.89. The average Bonchev–Trinajstić information content (AvgIpc) is 2.36. The Morgan fingerprint density at radius 2 is 2.28 bits per heavy atom. The fourth-order valence-electron chi connectivity index (χ4n) is 1.31. The third-order valence-corrected chi connectivity index (χ3v) is 2.40. The largest absolute Gasteiger partial charge is 0.491 e. The molecule has 0 spiro atoms. The zero-order chi connectivity index (χ0) is 13.4. The van der Waals surface area contributed by atoms with E-state index in [1.165, 1.54) is 0 Å². The van der Waals surface area contributed by atoms with E-state index in [4.69, 9.17) is 9.84 Å². The molecular weight excluding hydrogens is 232 g/mol. The van der Waals surface area contributed by atoms with Gasteiger partial charge in [0, 0.05) is 18.3 Å². The third-order valence-electron chi connectivity index (χ3n) is 2.40. The molecule has 18 heavy (non-hydrogen) atoms. The summed E-state index contributed by atoms with van der Waals surface area (Å²) in [6, 6.07) is 6.87. The van der Waals surface area contributed by atoms with Gasteiger partial charge in [0.1, 0.15) is 5.75 Å². The summed E-state index contributed by atoms with van der Waals surface area (Å²) in [5, 5.41) is 13.8. The zero-order valence-electron chi connectivity index (χ0n) is 10.8. The van der Waals surface area contributed by atoms with Crippen molar-refractivity contribution in [3.8, 4) is 5.75 Å². The lowest BCUT2D eigenvalue weighted by molar-refractivity contribution is 0.217. The number of benzene rings is 1. The zero-order valence-corrected chi connectivity index (χ0v) is 10.8. The van der Waals surface area contributed by atoms with Gasteiger partial charge in [-0.05, 0) is 25.5 Å². The monoisotopic (exact) mass is 252 g/mol. The molecule has 2 amide bonds. The van der Waals surface area contributed by atoms with Gasteiger partial charge in [-0.2, -0.15) is 0 Å². The molecule has 1 aromatic carbocycles. The quantitative estimate of drug-likeness (QED) is 0.725. The summed E-state index contributed by atoms with van der Waals surface area (Å²) in [7, 11) is 0. The lowest BCUT2D eigenvalue weighted by atomic mass is 10.3. The summed E-state index contributed by atoms with van der Waals surface area (Å²) >= 11 is 0. The van der Waals surface area contributed by atoms with E-state index in [2.05, 4.69) is 17.6 Å². The number of anilines is 1. The molecule has 0 radical (unpaired) electrons. The number of carbonyl (C=O) groups is 1. The predicted octanol–water partition coefficient (Wildman–Crippen LogP) is 1.98. The molecule has 0 bridgehead atoms. The van der Waals surface area contributed by atoms with Crippen LogP contribution in [0.1, 0.15) is 20.3 Å². The highest BCUT2D eigenvalue weighted by atomic mass is 16.5.